The summed E-state index contributed by atoms with van der Waals surface area (Å²) < 4.78 is 6.93. The Morgan fingerprint density at radius 2 is 2.21 bits per heavy atom. The summed E-state index contributed by atoms with van der Waals surface area (Å²) in [5, 5.41) is 9.81. The van der Waals surface area contributed by atoms with E-state index in [1.54, 1.807) is 17.1 Å². The predicted molar refractivity (Wildman–Crippen MR) is 71.1 cm³/mol. The molecule has 0 aliphatic rings. The third kappa shape index (κ3) is 3.37. The molecule has 0 aliphatic carbocycles. The van der Waals surface area contributed by atoms with Crippen LogP contribution in [0.1, 0.15) is 42.6 Å². The number of carbonyl (C=O) groups is 1. The summed E-state index contributed by atoms with van der Waals surface area (Å²) in [5.41, 5.74) is 3.06. The van der Waals surface area contributed by atoms with Gasteiger partial charge in [0.15, 0.2) is 5.69 Å². The standard InChI is InChI=1S/C12H16N4O2S/c1-8-10(11(17)18-12(2,3)4)14-15-16(8)5-9-6-19-7-13-9/h6-7H,5H2,1-4H3. The summed E-state index contributed by atoms with van der Waals surface area (Å²) in [6.45, 7) is 7.76. The van der Waals surface area contributed by atoms with Crippen LogP contribution in [0.3, 0.4) is 0 Å². The molecule has 0 aromatic carbocycles. The number of thiazole rings is 1. The van der Waals surface area contributed by atoms with Crippen LogP contribution in [0.5, 0.6) is 0 Å². The number of ether oxygens (including phenoxy) is 1. The molecule has 0 N–H and O–H groups in total. The Morgan fingerprint density at radius 1 is 1.47 bits per heavy atom. The van der Waals surface area contributed by atoms with Crippen molar-refractivity contribution in [3.05, 3.63) is 28.0 Å². The highest BCUT2D eigenvalue weighted by Crippen LogP contribution is 2.14. The van der Waals surface area contributed by atoms with Crippen molar-refractivity contribution in [1.29, 1.82) is 0 Å². The Morgan fingerprint density at radius 3 is 2.79 bits per heavy atom. The molecule has 7 heteroatoms. The first-order valence-electron chi connectivity index (χ1n) is 5.87. The fraction of sp³-hybridized carbons (Fsp3) is 0.500. The monoisotopic (exact) mass is 280 g/mol. The van der Waals surface area contributed by atoms with Gasteiger partial charge in [-0.15, -0.1) is 16.4 Å². The van der Waals surface area contributed by atoms with Crippen molar-refractivity contribution in [2.24, 2.45) is 0 Å². The highest BCUT2D eigenvalue weighted by atomic mass is 32.1. The molecule has 0 amide bonds. The first-order chi connectivity index (χ1) is 8.87. The summed E-state index contributed by atoms with van der Waals surface area (Å²) in [7, 11) is 0. The van der Waals surface area contributed by atoms with E-state index >= 15 is 0 Å². The minimum absolute atomic E-state index is 0.255. The Kier molecular flexibility index (Phi) is 3.66. The Balaban J connectivity index is 2.16. The van der Waals surface area contributed by atoms with Crippen LogP contribution in [0.2, 0.25) is 0 Å². The second-order valence-electron chi connectivity index (χ2n) is 5.16. The van der Waals surface area contributed by atoms with Gasteiger partial charge in [0.2, 0.25) is 0 Å². The minimum atomic E-state index is -0.539. The van der Waals surface area contributed by atoms with Gasteiger partial charge in [-0.25, -0.2) is 14.5 Å². The van der Waals surface area contributed by atoms with Crippen LogP contribution in [0.15, 0.2) is 10.9 Å². The molecule has 2 aromatic rings. The third-order valence-corrected chi connectivity index (χ3v) is 3.01. The molecule has 19 heavy (non-hydrogen) atoms. The first-order valence-corrected chi connectivity index (χ1v) is 6.81. The number of aromatic nitrogens is 4. The summed E-state index contributed by atoms with van der Waals surface area (Å²) in [5.74, 6) is -0.450. The molecule has 0 bridgehead atoms. The van der Waals surface area contributed by atoms with E-state index in [4.69, 9.17) is 4.74 Å². The highest BCUT2D eigenvalue weighted by molar-refractivity contribution is 7.07. The highest BCUT2D eigenvalue weighted by Gasteiger charge is 2.23. The molecule has 2 aromatic heterocycles. The van der Waals surface area contributed by atoms with Crippen LogP contribution in [0.4, 0.5) is 0 Å². The van der Waals surface area contributed by atoms with E-state index in [0.29, 0.717) is 12.2 Å². The summed E-state index contributed by atoms with van der Waals surface area (Å²) in [4.78, 5) is 16.1. The SMILES string of the molecule is Cc1c(C(=O)OC(C)(C)C)nnn1Cc1cscn1. The van der Waals surface area contributed by atoms with E-state index in [-0.39, 0.29) is 5.69 Å². The van der Waals surface area contributed by atoms with E-state index in [2.05, 4.69) is 15.3 Å². The quantitative estimate of drug-likeness (QED) is 0.805. The second-order valence-corrected chi connectivity index (χ2v) is 5.88. The lowest BCUT2D eigenvalue weighted by Crippen LogP contribution is -2.24. The maximum absolute atomic E-state index is 11.9. The summed E-state index contributed by atoms with van der Waals surface area (Å²) in [6.07, 6.45) is 0. The fourth-order valence-electron chi connectivity index (χ4n) is 1.49. The fourth-order valence-corrected chi connectivity index (χ4v) is 2.04. The van der Waals surface area contributed by atoms with E-state index in [9.17, 15) is 4.79 Å². The molecule has 2 rings (SSSR count). The molecule has 0 fully saturated rings. The van der Waals surface area contributed by atoms with Crippen molar-refractivity contribution in [3.63, 3.8) is 0 Å². The first kappa shape index (κ1) is 13.7. The maximum atomic E-state index is 11.9. The van der Waals surface area contributed by atoms with Gasteiger partial charge < -0.3 is 4.74 Å². The Bertz CT molecular complexity index is 569. The van der Waals surface area contributed by atoms with E-state index in [1.807, 2.05) is 26.2 Å². The van der Waals surface area contributed by atoms with Crippen molar-refractivity contribution < 1.29 is 9.53 Å². The van der Waals surface area contributed by atoms with Gasteiger partial charge in [-0.2, -0.15) is 0 Å². The molecular weight excluding hydrogens is 264 g/mol. The largest absolute Gasteiger partial charge is 0.455 e. The second kappa shape index (κ2) is 5.08. The van der Waals surface area contributed by atoms with Gasteiger partial charge in [-0.05, 0) is 27.7 Å². The zero-order valence-electron chi connectivity index (χ0n) is 11.4. The maximum Gasteiger partial charge on any atom is 0.361 e. The van der Waals surface area contributed by atoms with Crippen molar-refractivity contribution in [1.82, 2.24) is 20.0 Å². The minimum Gasteiger partial charge on any atom is -0.455 e. The van der Waals surface area contributed by atoms with E-state index in [0.717, 1.165) is 5.69 Å². The van der Waals surface area contributed by atoms with Crippen LogP contribution in [0.25, 0.3) is 0 Å². The number of hydrogen-bond acceptors (Lipinski definition) is 6. The number of carbonyl (C=O) groups excluding carboxylic acids is 1. The summed E-state index contributed by atoms with van der Waals surface area (Å²) >= 11 is 1.52. The molecule has 0 aliphatic heterocycles. The average Bonchev–Trinajstić information content (AvgIpc) is 2.88. The average molecular weight is 280 g/mol. The van der Waals surface area contributed by atoms with Crippen molar-refractivity contribution in [2.45, 2.75) is 39.8 Å². The van der Waals surface area contributed by atoms with Crippen molar-refractivity contribution in [3.8, 4) is 0 Å². The number of nitrogens with zero attached hydrogens (tertiary/aromatic N) is 4. The van der Waals surface area contributed by atoms with Crippen LogP contribution in [-0.2, 0) is 11.3 Å². The van der Waals surface area contributed by atoms with Gasteiger partial charge >= 0.3 is 5.97 Å². The zero-order valence-corrected chi connectivity index (χ0v) is 12.2. The lowest BCUT2D eigenvalue weighted by atomic mass is 10.2. The zero-order chi connectivity index (χ0) is 14.0. The number of esters is 1. The molecule has 102 valence electrons. The van der Waals surface area contributed by atoms with Crippen LogP contribution in [-0.4, -0.2) is 31.5 Å². The molecule has 0 unspecified atom stereocenters. The van der Waals surface area contributed by atoms with Crippen LogP contribution in [0, 0.1) is 6.92 Å². The lowest BCUT2D eigenvalue weighted by molar-refractivity contribution is 0.00619. The van der Waals surface area contributed by atoms with Gasteiger partial charge in [-0.3, -0.25) is 0 Å². The topological polar surface area (TPSA) is 69.9 Å². The summed E-state index contributed by atoms with van der Waals surface area (Å²) in [6, 6.07) is 0. The molecule has 6 nitrogen and oxygen atoms in total. The molecule has 0 spiro atoms. The van der Waals surface area contributed by atoms with Crippen molar-refractivity contribution in [2.75, 3.05) is 0 Å². The Hall–Kier alpha value is -1.76. The van der Waals surface area contributed by atoms with Gasteiger partial charge in [0.05, 0.1) is 23.4 Å². The molecule has 2 heterocycles. The number of hydrogen-bond donors (Lipinski definition) is 0. The van der Waals surface area contributed by atoms with Gasteiger partial charge in [-0.1, -0.05) is 5.21 Å². The third-order valence-electron chi connectivity index (χ3n) is 2.37. The normalized spacial score (nSPS) is 11.6. The van der Waals surface area contributed by atoms with E-state index in [1.165, 1.54) is 11.3 Å². The molecular formula is C12H16N4O2S. The smallest absolute Gasteiger partial charge is 0.361 e. The van der Waals surface area contributed by atoms with Gasteiger partial charge in [0, 0.05) is 5.38 Å². The number of rotatable bonds is 3. The van der Waals surface area contributed by atoms with Gasteiger partial charge in [0.25, 0.3) is 0 Å². The molecule has 0 saturated carbocycles. The van der Waals surface area contributed by atoms with Crippen LogP contribution >= 0.6 is 11.3 Å². The van der Waals surface area contributed by atoms with Crippen molar-refractivity contribution >= 4 is 17.3 Å². The van der Waals surface area contributed by atoms with E-state index < -0.39 is 11.6 Å². The lowest BCUT2D eigenvalue weighted by Gasteiger charge is -2.18. The predicted octanol–water partition coefficient (Wildman–Crippen LogP) is 2.05. The molecule has 0 atom stereocenters. The molecule has 0 radical (unpaired) electrons. The molecule has 0 saturated heterocycles. The van der Waals surface area contributed by atoms with Gasteiger partial charge in [0.1, 0.15) is 5.60 Å². The van der Waals surface area contributed by atoms with Crippen LogP contribution < -0.4 is 0 Å². The Labute approximate surface area is 115 Å².